The number of halogens is 1. The van der Waals surface area contributed by atoms with Gasteiger partial charge in [0.05, 0.1) is 11.6 Å². The van der Waals surface area contributed by atoms with E-state index in [1.165, 1.54) is 22.2 Å². The molecule has 0 radical (unpaired) electrons. The molecule has 270 valence electrons. The number of hydrogen-bond donors (Lipinski definition) is 1. The summed E-state index contributed by atoms with van der Waals surface area (Å²) in [4.78, 5) is 50.8. The van der Waals surface area contributed by atoms with Gasteiger partial charge in [-0.3, -0.25) is 9.59 Å². The molecule has 2 amide bonds. The second-order valence-corrected chi connectivity index (χ2v) is 12.9. The molecule has 1 N–H and O–H groups in total. The molecular weight excluding hydrogens is 686 g/mol. The number of carbonyl (C=O) groups is 4. The van der Waals surface area contributed by atoms with Gasteiger partial charge >= 0.3 is 11.9 Å². The minimum Gasteiger partial charge on any atom is -0.478 e. The molecule has 3 aromatic rings. The number of carboxylic acid groups (broad SMARTS) is 1. The van der Waals surface area contributed by atoms with E-state index in [4.69, 9.17) is 23.4 Å². The Kier molecular flexibility index (Phi) is 11.4. The fourth-order valence-electron chi connectivity index (χ4n) is 6.82. The highest BCUT2D eigenvalue weighted by Crippen LogP contribution is 2.42. The van der Waals surface area contributed by atoms with E-state index in [9.17, 15) is 24.3 Å². The molecule has 3 aromatic carbocycles. The van der Waals surface area contributed by atoms with Crippen LogP contribution in [0.5, 0.6) is 11.5 Å². The Labute approximate surface area is 295 Å². The van der Waals surface area contributed by atoms with Crippen molar-refractivity contribution in [3.8, 4) is 11.5 Å². The zero-order valence-electron chi connectivity index (χ0n) is 28.4. The summed E-state index contributed by atoms with van der Waals surface area (Å²) in [7, 11) is -4.94. The molecule has 15 heteroatoms. The van der Waals surface area contributed by atoms with E-state index in [1.54, 1.807) is 12.1 Å². The van der Waals surface area contributed by atoms with Crippen molar-refractivity contribution in [1.82, 2.24) is 9.64 Å². The number of carboxylic acids is 1. The fraction of sp³-hybridized carbons (Fsp3) is 0.361. The zero-order chi connectivity index (χ0) is 37.0. The number of aromatic carboxylic acids is 1. The van der Waals surface area contributed by atoms with Crippen LogP contribution in [-0.4, -0.2) is 60.1 Å². The summed E-state index contributed by atoms with van der Waals surface area (Å²) in [6.07, 6.45) is 4.56. The van der Waals surface area contributed by atoms with Gasteiger partial charge in [0.15, 0.2) is 0 Å². The predicted molar refractivity (Wildman–Crippen MR) is 171 cm³/mol. The number of amides is 2. The molecule has 0 aliphatic carbocycles. The minimum absolute atomic E-state index is 0.131. The Hall–Kier alpha value is -4.86. The van der Waals surface area contributed by atoms with Gasteiger partial charge < -0.3 is 19.6 Å². The lowest BCUT2D eigenvalue weighted by Crippen LogP contribution is -2.68. The highest BCUT2D eigenvalue weighted by molar-refractivity contribution is 6.01. The van der Waals surface area contributed by atoms with Crippen LogP contribution < -0.4 is 43.4 Å². The number of fused-ring (bicyclic) bond motifs is 4. The number of aryl methyl sites for hydroxylation is 2. The number of imide groups is 1. The molecule has 4 aliphatic rings. The maximum Gasteiger partial charge on any atom is 0.336 e. The van der Waals surface area contributed by atoms with Gasteiger partial charge in [0.1, 0.15) is 24.6 Å². The third kappa shape index (κ3) is 8.55. The van der Waals surface area contributed by atoms with Gasteiger partial charge in [-0.1, -0.05) is 18.2 Å². The SMILES string of the molecule is CC(=O)ON1C(=O)CCC1=O.CCN1CCCc2cc3c(cc21)Oc1cc2c(cc1=C3c1ccccc1C(=O)O)CCC[N+]=2CC.[O-][Cl+3]([O-])([O-])[O-]. The predicted octanol–water partition coefficient (Wildman–Crippen LogP) is -1.17. The largest absolute Gasteiger partial charge is 0.478 e. The zero-order valence-corrected chi connectivity index (χ0v) is 29.2. The molecule has 4 heterocycles. The molecule has 0 atom stereocenters. The van der Waals surface area contributed by atoms with Crippen LogP contribution in [0.1, 0.15) is 79.1 Å². The first kappa shape index (κ1) is 37.4. The van der Waals surface area contributed by atoms with E-state index in [1.807, 2.05) is 12.1 Å². The first-order valence-corrected chi connectivity index (χ1v) is 17.8. The Morgan fingerprint density at radius 1 is 0.902 bits per heavy atom. The van der Waals surface area contributed by atoms with Crippen molar-refractivity contribution in [2.24, 2.45) is 0 Å². The number of carbonyl (C=O) groups excluding carboxylic acids is 3. The molecule has 0 bridgehead atoms. The van der Waals surface area contributed by atoms with Crippen LogP contribution in [0, 0.1) is 10.2 Å². The lowest BCUT2D eigenvalue weighted by molar-refractivity contribution is -2.00. The average Bonchev–Trinajstić information content (AvgIpc) is 3.39. The minimum atomic E-state index is -4.94. The van der Waals surface area contributed by atoms with Crippen molar-refractivity contribution in [3.63, 3.8) is 0 Å². The second-order valence-electron chi connectivity index (χ2n) is 12.2. The van der Waals surface area contributed by atoms with Crippen LogP contribution in [0.4, 0.5) is 5.69 Å². The molecule has 1 saturated heterocycles. The molecule has 0 spiro atoms. The Morgan fingerprint density at radius 3 is 2.20 bits per heavy atom. The maximum absolute atomic E-state index is 12.3. The summed E-state index contributed by atoms with van der Waals surface area (Å²) >= 11 is 0. The van der Waals surface area contributed by atoms with E-state index >= 15 is 0 Å². The first-order valence-electron chi connectivity index (χ1n) is 16.6. The lowest BCUT2D eigenvalue weighted by Gasteiger charge is -2.32. The Bertz CT molecular complexity index is 1990. The van der Waals surface area contributed by atoms with Gasteiger partial charge in [-0.25, -0.2) is 32.8 Å². The number of nitrogens with zero attached hydrogens (tertiary/aromatic N) is 3. The standard InChI is InChI=1S/C30H30N2O3.C6H7NO4.ClHO4/c1-3-31-13-7-9-19-15-23-27(17-25(19)31)35-28-18-26-20(10-8-14-32(26)4-2)16-24(28)29(23)21-11-5-6-12-22(21)30(33)34;1-4(8)11-7-5(9)2-3-6(7)10;2-1(3,4)5/h5-6,11-12,15-18H,3-4,7-10,13-14H2,1-2H3;2-3H2,1H3;(H,2,3,4,5). The average molecular weight is 724 g/mol. The van der Waals surface area contributed by atoms with Crippen LogP contribution >= 0.6 is 0 Å². The van der Waals surface area contributed by atoms with Crippen LogP contribution in [0.3, 0.4) is 0 Å². The molecule has 0 unspecified atom stereocenters. The van der Waals surface area contributed by atoms with E-state index in [0.29, 0.717) is 10.6 Å². The number of anilines is 1. The molecule has 1 fully saturated rings. The molecule has 0 saturated carbocycles. The summed E-state index contributed by atoms with van der Waals surface area (Å²) < 4.78 is 43.0. The van der Waals surface area contributed by atoms with Gasteiger partial charge in [0.2, 0.25) is 5.36 Å². The van der Waals surface area contributed by atoms with Gasteiger partial charge in [0, 0.05) is 72.9 Å². The van der Waals surface area contributed by atoms with E-state index in [0.717, 1.165) is 92.2 Å². The molecule has 51 heavy (non-hydrogen) atoms. The highest BCUT2D eigenvalue weighted by atomic mass is 35.7. The van der Waals surface area contributed by atoms with Crippen LogP contribution in [-0.2, 0) is 32.1 Å². The van der Waals surface area contributed by atoms with Crippen LogP contribution in [0.15, 0.2) is 48.5 Å². The maximum atomic E-state index is 12.3. The lowest BCUT2D eigenvalue weighted by atomic mass is 9.86. The number of rotatable bonds is 5. The summed E-state index contributed by atoms with van der Waals surface area (Å²) in [5, 5.41) is 12.8. The smallest absolute Gasteiger partial charge is 0.336 e. The summed E-state index contributed by atoms with van der Waals surface area (Å²) in [6.45, 7) is 9.54. The molecule has 7 rings (SSSR count). The number of hydroxylamine groups is 2. The summed E-state index contributed by atoms with van der Waals surface area (Å²) in [5.41, 5.74) is 6.88. The van der Waals surface area contributed by atoms with Crippen LogP contribution in [0.25, 0.3) is 5.57 Å². The first-order chi connectivity index (χ1) is 24.2. The van der Waals surface area contributed by atoms with Gasteiger partial charge in [-0.15, -0.1) is 15.3 Å². The molecule has 0 aromatic heterocycles. The molecular formula is C36H38ClN3O11. The van der Waals surface area contributed by atoms with Crippen molar-refractivity contribution in [1.29, 1.82) is 0 Å². The summed E-state index contributed by atoms with van der Waals surface area (Å²) in [5.74, 6) is -0.854. The van der Waals surface area contributed by atoms with Crippen molar-refractivity contribution in [3.05, 3.63) is 86.9 Å². The van der Waals surface area contributed by atoms with Crippen molar-refractivity contribution < 1.29 is 62.7 Å². The normalized spacial score (nSPS) is 16.0. The molecule has 4 aliphatic heterocycles. The van der Waals surface area contributed by atoms with Crippen LogP contribution in [0.2, 0.25) is 0 Å². The topological polar surface area (TPSA) is 209 Å². The van der Waals surface area contributed by atoms with E-state index in [-0.39, 0.29) is 12.8 Å². The fourth-order valence-corrected chi connectivity index (χ4v) is 6.82. The van der Waals surface area contributed by atoms with Crippen molar-refractivity contribution >= 4 is 35.0 Å². The van der Waals surface area contributed by atoms with Crippen molar-refractivity contribution in [2.45, 2.75) is 59.3 Å². The van der Waals surface area contributed by atoms with Crippen molar-refractivity contribution in [2.75, 3.05) is 31.1 Å². The molecule has 14 nitrogen and oxygen atoms in total. The number of benzene rings is 3. The van der Waals surface area contributed by atoms with E-state index < -0.39 is 34.0 Å². The third-order valence-electron chi connectivity index (χ3n) is 8.97. The monoisotopic (exact) mass is 723 g/mol. The Balaban J connectivity index is 0.000000262. The Morgan fingerprint density at radius 2 is 1.57 bits per heavy atom. The highest BCUT2D eigenvalue weighted by Gasteiger charge is 2.32. The van der Waals surface area contributed by atoms with Gasteiger partial charge in [-0.2, -0.15) is 0 Å². The summed E-state index contributed by atoms with van der Waals surface area (Å²) in [6, 6.07) is 16.2. The van der Waals surface area contributed by atoms with Gasteiger partial charge in [0.25, 0.3) is 11.8 Å². The number of ether oxygens (including phenoxy) is 1. The third-order valence-corrected chi connectivity index (χ3v) is 8.97. The second kappa shape index (κ2) is 15.6. The quantitative estimate of drug-likeness (QED) is 0.191. The van der Waals surface area contributed by atoms with Gasteiger partial charge in [-0.05, 0) is 62.4 Å². The number of hydrogen-bond acceptors (Lipinski definition) is 11. The van der Waals surface area contributed by atoms with E-state index in [2.05, 4.69) is 52.4 Å².